The summed E-state index contributed by atoms with van der Waals surface area (Å²) in [7, 11) is 0. The van der Waals surface area contributed by atoms with Gasteiger partial charge in [-0.15, -0.1) is 0 Å². The fraction of sp³-hybridized carbons (Fsp3) is 0.265. The number of carbonyl (C=O) groups is 5. The summed E-state index contributed by atoms with van der Waals surface area (Å²) in [5.41, 5.74) is 2.24. The lowest BCUT2D eigenvalue weighted by atomic mass is 9.89. The van der Waals surface area contributed by atoms with Crippen LogP contribution in [0.1, 0.15) is 40.9 Å². The number of aromatic amines is 1. The second kappa shape index (κ2) is 15.1. The molecule has 3 atom stereocenters. The minimum atomic E-state index is -1.30. The van der Waals surface area contributed by atoms with Crippen molar-refractivity contribution >= 4 is 63.5 Å². The molecular weight excluding hydrogens is 629 g/mol. The van der Waals surface area contributed by atoms with E-state index in [0.29, 0.717) is 40.3 Å². The Morgan fingerprint density at radius 3 is 2.26 bits per heavy atom. The minimum Gasteiger partial charge on any atom is -0.356 e. The number of nitrogens with one attached hydrogen (secondary N) is 5. The Bertz CT molecular complexity index is 1740. The van der Waals surface area contributed by atoms with E-state index in [1.807, 2.05) is 48.5 Å². The van der Waals surface area contributed by atoms with Gasteiger partial charge in [-0.1, -0.05) is 83.9 Å². The van der Waals surface area contributed by atoms with Crippen LogP contribution in [-0.4, -0.2) is 53.0 Å². The Labute approximate surface area is 275 Å². The van der Waals surface area contributed by atoms with Crippen molar-refractivity contribution in [3.8, 4) is 0 Å². The number of benzene rings is 3. The average Bonchev–Trinajstić information content (AvgIpc) is 3.49. The maximum absolute atomic E-state index is 13.9. The molecule has 0 radical (unpaired) electrons. The Morgan fingerprint density at radius 2 is 1.57 bits per heavy atom. The van der Waals surface area contributed by atoms with Crippen molar-refractivity contribution in [1.82, 2.24) is 26.3 Å². The first-order valence-electron chi connectivity index (χ1n) is 14.9. The molecule has 0 spiro atoms. The first-order chi connectivity index (χ1) is 22.2. The van der Waals surface area contributed by atoms with Gasteiger partial charge in [-0.05, 0) is 48.6 Å². The fourth-order valence-corrected chi connectivity index (χ4v) is 6.00. The van der Waals surface area contributed by atoms with Gasteiger partial charge in [0.15, 0.2) is 0 Å². The molecule has 0 bridgehead atoms. The van der Waals surface area contributed by atoms with E-state index in [1.54, 1.807) is 30.3 Å². The van der Waals surface area contributed by atoms with Gasteiger partial charge in [0.05, 0.1) is 11.1 Å². The molecule has 1 fully saturated rings. The molecule has 5 N–H and O–H groups in total. The Kier molecular flexibility index (Phi) is 10.7. The van der Waals surface area contributed by atoms with E-state index in [-0.39, 0.29) is 31.0 Å². The molecule has 5 rings (SSSR count). The van der Waals surface area contributed by atoms with Crippen molar-refractivity contribution in [2.75, 3.05) is 6.54 Å². The number of fused-ring (bicyclic) bond motifs is 1. The van der Waals surface area contributed by atoms with E-state index in [2.05, 4.69) is 26.3 Å². The van der Waals surface area contributed by atoms with Gasteiger partial charge in [0, 0.05) is 41.4 Å². The lowest BCUT2D eigenvalue weighted by Crippen LogP contribution is -2.55. The van der Waals surface area contributed by atoms with Gasteiger partial charge in [0.25, 0.3) is 11.8 Å². The van der Waals surface area contributed by atoms with Crippen LogP contribution in [0.5, 0.6) is 0 Å². The van der Waals surface area contributed by atoms with E-state index in [9.17, 15) is 24.0 Å². The van der Waals surface area contributed by atoms with Gasteiger partial charge < -0.3 is 26.3 Å². The van der Waals surface area contributed by atoms with Gasteiger partial charge in [-0.2, -0.15) is 0 Å². The summed E-state index contributed by atoms with van der Waals surface area (Å²) in [5.74, 6) is -3.85. The number of H-pyrrole nitrogens is 1. The lowest BCUT2D eigenvalue weighted by molar-refractivity contribution is -0.141. The molecule has 12 heteroatoms. The average molecular weight is 663 g/mol. The van der Waals surface area contributed by atoms with Crippen molar-refractivity contribution in [2.24, 2.45) is 5.92 Å². The molecule has 2 heterocycles. The van der Waals surface area contributed by atoms with Crippen LogP contribution >= 0.6 is 23.2 Å². The van der Waals surface area contributed by atoms with Crippen LogP contribution in [0.15, 0.2) is 78.9 Å². The SMILES string of the molecule is O=C(NCc1ccccc1)C(=O)[C@H](C[C@@H]1CCCNC1=O)NC(=O)[C@H](Cc1ccccc1)NC(=O)c1cc2c(Cl)cc(Cl)cc2[nH]1. The lowest BCUT2D eigenvalue weighted by Gasteiger charge is -2.27. The van der Waals surface area contributed by atoms with Crippen molar-refractivity contribution in [3.63, 3.8) is 0 Å². The van der Waals surface area contributed by atoms with Crippen LogP contribution in [0, 0.1) is 5.92 Å². The summed E-state index contributed by atoms with van der Waals surface area (Å²) in [4.78, 5) is 69.4. The third-order valence-corrected chi connectivity index (χ3v) is 8.40. The number of ketones is 1. The zero-order valence-corrected chi connectivity index (χ0v) is 26.3. The zero-order valence-electron chi connectivity index (χ0n) is 24.8. The van der Waals surface area contributed by atoms with Crippen molar-refractivity contribution in [3.05, 3.63) is 106 Å². The van der Waals surface area contributed by atoms with E-state index in [1.165, 1.54) is 0 Å². The predicted octanol–water partition coefficient (Wildman–Crippen LogP) is 4.10. The minimum absolute atomic E-state index is 0.0670. The molecule has 1 saturated heterocycles. The Balaban J connectivity index is 1.37. The summed E-state index contributed by atoms with van der Waals surface area (Å²) < 4.78 is 0. The highest BCUT2D eigenvalue weighted by atomic mass is 35.5. The number of rotatable bonds is 12. The third kappa shape index (κ3) is 8.32. The molecule has 0 unspecified atom stereocenters. The second-order valence-corrected chi connectivity index (χ2v) is 12.1. The van der Waals surface area contributed by atoms with Crippen LogP contribution in [0.3, 0.4) is 0 Å². The van der Waals surface area contributed by atoms with Crippen LogP contribution in [0.4, 0.5) is 0 Å². The number of carbonyl (C=O) groups excluding carboxylic acids is 5. The second-order valence-electron chi connectivity index (χ2n) is 11.2. The largest absolute Gasteiger partial charge is 0.356 e. The molecule has 10 nitrogen and oxygen atoms in total. The monoisotopic (exact) mass is 661 g/mol. The number of hydrogen-bond acceptors (Lipinski definition) is 5. The number of Topliss-reactive ketones (excluding diaryl/α,β-unsaturated/α-hetero) is 1. The molecule has 1 aromatic heterocycles. The molecule has 0 saturated carbocycles. The summed E-state index contributed by atoms with van der Waals surface area (Å²) in [6, 6.07) is 20.5. The molecule has 1 aliphatic rings. The topological polar surface area (TPSA) is 149 Å². The van der Waals surface area contributed by atoms with Gasteiger partial charge in [0.2, 0.25) is 17.6 Å². The van der Waals surface area contributed by atoms with Gasteiger partial charge in [0.1, 0.15) is 11.7 Å². The van der Waals surface area contributed by atoms with Gasteiger partial charge in [-0.3, -0.25) is 24.0 Å². The maximum Gasteiger partial charge on any atom is 0.289 e. The molecule has 46 heavy (non-hydrogen) atoms. The normalized spacial score (nSPS) is 15.8. The summed E-state index contributed by atoms with van der Waals surface area (Å²) in [6.07, 6.45) is 1.24. The molecule has 4 amide bonds. The number of halogens is 2. The zero-order chi connectivity index (χ0) is 32.6. The highest BCUT2D eigenvalue weighted by Crippen LogP contribution is 2.28. The molecule has 4 aromatic rings. The molecule has 1 aliphatic heterocycles. The van der Waals surface area contributed by atoms with Crippen LogP contribution < -0.4 is 21.3 Å². The molecule has 238 valence electrons. The third-order valence-electron chi connectivity index (χ3n) is 7.87. The van der Waals surface area contributed by atoms with E-state index < -0.39 is 41.5 Å². The van der Waals surface area contributed by atoms with Gasteiger partial charge >= 0.3 is 0 Å². The number of amides is 4. The molecule has 0 aliphatic carbocycles. The predicted molar refractivity (Wildman–Crippen MR) is 175 cm³/mol. The summed E-state index contributed by atoms with van der Waals surface area (Å²) in [6.45, 7) is 0.636. The summed E-state index contributed by atoms with van der Waals surface area (Å²) in [5, 5.41) is 12.2. The highest BCUT2D eigenvalue weighted by molar-refractivity contribution is 6.39. The highest BCUT2D eigenvalue weighted by Gasteiger charge is 2.35. The smallest absolute Gasteiger partial charge is 0.289 e. The van der Waals surface area contributed by atoms with Crippen molar-refractivity contribution in [1.29, 1.82) is 0 Å². The Morgan fingerprint density at radius 1 is 0.870 bits per heavy atom. The van der Waals surface area contributed by atoms with Crippen LogP contribution in [-0.2, 0) is 32.1 Å². The quantitative estimate of drug-likeness (QED) is 0.145. The number of aromatic nitrogens is 1. The summed E-state index contributed by atoms with van der Waals surface area (Å²) >= 11 is 12.4. The fourth-order valence-electron chi connectivity index (χ4n) is 5.45. The van der Waals surface area contributed by atoms with E-state index >= 15 is 0 Å². The van der Waals surface area contributed by atoms with Crippen molar-refractivity contribution < 1.29 is 24.0 Å². The number of hydrogen-bond donors (Lipinski definition) is 5. The van der Waals surface area contributed by atoms with Crippen LogP contribution in [0.2, 0.25) is 10.0 Å². The first-order valence-corrected chi connectivity index (χ1v) is 15.7. The number of piperidine rings is 1. The standard InChI is InChI=1S/C34H33Cl2N5O5/c35-23-16-25(36)24-18-29(39-26(24)17-23)33(45)41-28(14-20-8-3-1-4-9-20)32(44)40-27(15-22-12-7-13-37-31(22)43)30(42)34(46)38-19-21-10-5-2-6-11-21/h1-6,8-11,16-18,22,27-28,39H,7,12-15,19H2,(H,37,43)(H,38,46)(H,40,44)(H,41,45)/t22-,27-,28-/m0/s1. The first kappa shape index (κ1) is 32.7. The Hall–Kier alpha value is -4.67. The van der Waals surface area contributed by atoms with E-state index in [0.717, 1.165) is 11.1 Å². The van der Waals surface area contributed by atoms with Crippen molar-refractivity contribution in [2.45, 2.75) is 44.3 Å². The van der Waals surface area contributed by atoms with E-state index in [4.69, 9.17) is 23.2 Å². The maximum atomic E-state index is 13.9. The molecule has 3 aromatic carbocycles. The molecular formula is C34H33Cl2N5O5. The van der Waals surface area contributed by atoms with Crippen LogP contribution in [0.25, 0.3) is 10.9 Å². The van der Waals surface area contributed by atoms with Gasteiger partial charge in [-0.25, -0.2) is 0 Å².